The van der Waals surface area contributed by atoms with Crippen LogP contribution < -0.4 is 10.1 Å². The summed E-state index contributed by atoms with van der Waals surface area (Å²) in [5.41, 5.74) is 2.58. The molecule has 172 valence electrons. The van der Waals surface area contributed by atoms with Gasteiger partial charge in [0.1, 0.15) is 17.7 Å². The molecular formula is C29H26FNO3. The number of hydrogen-bond donors (Lipinski definition) is 2. The molecule has 4 aromatic carbocycles. The van der Waals surface area contributed by atoms with Crippen molar-refractivity contribution in [2.24, 2.45) is 0 Å². The predicted molar refractivity (Wildman–Crippen MR) is 131 cm³/mol. The second kappa shape index (κ2) is 9.27. The number of aromatic carboxylic acids is 1. The maximum atomic E-state index is 15.0. The minimum absolute atomic E-state index is 0.0521. The monoisotopic (exact) mass is 455 g/mol. The van der Waals surface area contributed by atoms with Crippen LogP contribution in [0.4, 0.5) is 4.39 Å². The minimum Gasteiger partial charge on any atom is -0.489 e. The third-order valence-corrected chi connectivity index (χ3v) is 6.65. The average molecular weight is 456 g/mol. The average Bonchev–Trinajstić information content (AvgIpc) is 2.86. The lowest BCUT2D eigenvalue weighted by Crippen LogP contribution is -2.37. The van der Waals surface area contributed by atoms with Crippen LogP contribution in [0, 0.1) is 5.82 Å². The highest BCUT2D eigenvalue weighted by atomic mass is 19.1. The third kappa shape index (κ3) is 4.27. The number of benzene rings is 4. The summed E-state index contributed by atoms with van der Waals surface area (Å²) in [6.45, 7) is 2.74. The van der Waals surface area contributed by atoms with Gasteiger partial charge in [0, 0.05) is 24.1 Å². The van der Waals surface area contributed by atoms with E-state index in [0.29, 0.717) is 18.5 Å². The van der Waals surface area contributed by atoms with Gasteiger partial charge in [0.05, 0.1) is 5.56 Å². The van der Waals surface area contributed by atoms with Crippen molar-refractivity contribution in [3.63, 3.8) is 0 Å². The highest BCUT2D eigenvalue weighted by molar-refractivity contribution is 5.87. The Morgan fingerprint density at radius 1 is 1.03 bits per heavy atom. The molecule has 1 heterocycles. The third-order valence-electron chi connectivity index (χ3n) is 6.65. The number of carboxylic acid groups (broad SMARTS) is 1. The van der Waals surface area contributed by atoms with Crippen LogP contribution in [0.25, 0.3) is 10.8 Å². The van der Waals surface area contributed by atoms with Gasteiger partial charge in [0.2, 0.25) is 0 Å². The van der Waals surface area contributed by atoms with Crippen LogP contribution >= 0.6 is 0 Å². The smallest absolute Gasteiger partial charge is 0.335 e. The number of hydrogen-bond acceptors (Lipinski definition) is 3. The summed E-state index contributed by atoms with van der Waals surface area (Å²) in [6.07, 6.45) is 0.436. The second-order valence-electron chi connectivity index (χ2n) is 8.81. The van der Waals surface area contributed by atoms with E-state index in [4.69, 9.17) is 4.74 Å². The molecule has 1 aliphatic heterocycles. The van der Waals surface area contributed by atoms with Crippen molar-refractivity contribution in [1.29, 1.82) is 0 Å². The van der Waals surface area contributed by atoms with E-state index in [1.54, 1.807) is 6.07 Å². The molecule has 0 spiro atoms. The van der Waals surface area contributed by atoms with Crippen molar-refractivity contribution in [2.45, 2.75) is 31.4 Å². The maximum Gasteiger partial charge on any atom is 0.335 e. The summed E-state index contributed by atoms with van der Waals surface area (Å²) in [4.78, 5) is 11.2. The molecule has 0 fully saturated rings. The molecule has 0 amide bonds. The molecule has 4 aromatic rings. The van der Waals surface area contributed by atoms with Crippen LogP contribution in [0.15, 0.2) is 84.9 Å². The second-order valence-corrected chi connectivity index (χ2v) is 8.81. The molecule has 0 saturated heterocycles. The van der Waals surface area contributed by atoms with Crippen LogP contribution in [-0.4, -0.2) is 23.7 Å². The van der Waals surface area contributed by atoms with Crippen LogP contribution in [0.2, 0.25) is 0 Å². The molecule has 0 saturated carbocycles. The van der Waals surface area contributed by atoms with E-state index in [9.17, 15) is 14.3 Å². The molecule has 2 N–H and O–H groups in total. The van der Waals surface area contributed by atoms with E-state index in [1.165, 1.54) is 22.4 Å². The van der Waals surface area contributed by atoms with Gasteiger partial charge in [0.15, 0.2) is 0 Å². The zero-order valence-corrected chi connectivity index (χ0v) is 18.9. The maximum absolute atomic E-state index is 15.0. The number of nitrogens with one attached hydrogen (secondary N) is 1. The van der Waals surface area contributed by atoms with Gasteiger partial charge in [-0.25, -0.2) is 9.18 Å². The molecule has 0 aromatic heterocycles. The van der Waals surface area contributed by atoms with E-state index in [2.05, 4.69) is 48.6 Å². The van der Waals surface area contributed by atoms with Crippen molar-refractivity contribution < 1.29 is 19.0 Å². The molecule has 0 bridgehead atoms. The Morgan fingerprint density at radius 3 is 2.62 bits per heavy atom. The van der Waals surface area contributed by atoms with Crippen LogP contribution in [-0.2, 0) is 0 Å². The van der Waals surface area contributed by atoms with E-state index in [0.717, 1.165) is 17.4 Å². The summed E-state index contributed by atoms with van der Waals surface area (Å²) in [5, 5.41) is 15.2. The number of para-hydroxylation sites is 1. The van der Waals surface area contributed by atoms with Crippen molar-refractivity contribution in [3.8, 4) is 5.75 Å². The molecular weight excluding hydrogens is 429 g/mol. The molecule has 0 aliphatic carbocycles. The number of ether oxygens (including phenoxy) is 1. The van der Waals surface area contributed by atoms with E-state index >= 15 is 0 Å². The lowest BCUT2D eigenvalue weighted by Gasteiger charge is -2.33. The first-order chi connectivity index (χ1) is 16.5. The van der Waals surface area contributed by atoms with Crippen molar-refractivity contribution in [1.82, 2.24) is 5.32 Å². The molecule has 1 aliphatic rings. The summed E-state index contributed by atoms with van der Waals surface area (Å²) in [5.74, 6) is -1.11. The standard InChI is InChI=1S/C29H26FNO3/c1-18(22-11-6-8-19-7-2-3-9-23(19)22)31-17-21-16-26(25-10-4-5-12-28(25)34-21)24-14-13-20(29(32)33)15-27(24)30/h2-15,18,21,26,31H,16-17H2,1H3,(H,32,33). The summed E-state index contributed by atoms with van der Waals surface area (Å²) in [6, 6.07) is 26.6. The Morgan fingerprint density at radius 2 is 1.79 bits per heavy atom. The summed E-state index contributed by atoms with van der Waals surface area (Å²) < 4.78 is 21.3. The number of carboxylic acids is 1. The fourth-order valence-corrected chi connectivity index (χ4v) is 4.90. The van der Waals surface area contributed by atoms with Gasteiger partial charge in [-0.1, -0.05) is 66.7 Å². The highest BCUT2D eigenvalue weighted by Gasteiger charge is 2.31. The number of carbonyl (C=O) groups is 1. The molecule has 3 atom stereocenters. The quantitative estimate of drug-likeness (QED) is 0.358. The number of rotatable bonds is 6. The molecule has 0 radical (unpaired) electrons. The van der Waals surface area contributed by atoms with Gasteiger partial charge in [-0.15, -0.1) is 0 Å². The van der Waals surface area contributed by atoms with E-state index < -0.39 is 11.8 Å². The minimum atomic E-state index is -1.14. The zero-order chi connectivity index (χ0) is 23.7. The fraction of sp³-hybridized carbons (Fsp3) is 0.207. The topological polar surface area (TPSA) is 58.6 Å². The SMILES string of the molecule is CC(NCC1CC(c2ccc(C(=O)O)cc2F)c2ccccc2O1)c1cccc2ccccc12. The van der Waals surface area contributed by atoms with Crippen LogP contribution in [0.5, 0.6) is 5.75 Å². The van der Waals surface area contributed by atoms with Crippen LogP contribution in [0.1, 0.15) is 52.4 Å². The summed E-state index contributed by atoms with van der Waals surface area (Å²) >= 11 is 0. The van der Waals surface area contributed by atoms with Gasteiger partial charge in [-0.05, 0) is 53.4 Å². The number of fused-ring (bicyclic) bond motifs is 2. The highest BCUT2D eigenvalue weighted by Crippen LogP contribution is 2.41. The Bertz CT molecular complexity index is 1350. The predicted octanol–water partition coefficient (Wildman–Crippen LogP) is 6.31. The van der Waals surface area contributed by atoms with Gasteiger partial charge in [0.25, 0.3) is 0 Å². The lowest BCUT2D eigenvalue weighted by atomic mass is 9.83. The molecule has 34 heavy (non-hydrogen) atoms. The molecule has 3 unspecified atom stereocenters. The van der Waals surface area contributed by atoms with Gasteiger partial charge < -0.3 is 15.2 Å². The first-order valence-corrected chi connectivity index (χ1v) is 11.5. The van der Waals surface area contributed by atoms with Crippen LogP contribution in [0.3, 0.4) is 0 Å². The van der Waals surface area contributed by atoms with Gasteiger partial charge in [-0.2, -0.15) is 0 Å². The Labute approximate surface area is 198 Å². The Balaban J connectivity index is 1.38. The van der Waals surface area contributed by atoms with E-state index in [-0.39, 0.29) is 23.6 Å². The van der Waals surface area contributed by atoms with E-state index in [1.807, 2.05) is 30.3 Å². The van der Waals surface area contributed by atoms with Gasteiger partial charge >= 0.3 is 5.97 Å². The lowest BCUT2D eigenvalue weighted by molar-refractivity contribution is 0.0696. The van der Waals surface area contributed by atoms with Gasteiger partial charge in [-0.3, -0.25) is 0 Å². The summed E-state index contributed by atoms with van der Waals surface area (Å²) in [7, 11) is 0. The number of halogens is 1. The Kier molecular flexibility index (Phi) is 6.03. The molecule has 5 heteroatoms. The van der Waals surface area contributed by atoms with Crippen molar-refractivity contribution in [3.05, 3.63) is 113 Å². The molecule has 5 rings (SSSR count). The van der Waals surface area contributed by atoms with Crippen molar-refractivity contribution >= 4 is 16.7 Å². The largest absolute Gasteiger partial charge is 0.489 e. The zero-order valence-electron chi connectivity index (χ0n) is 18.9. The first kappa shape index (κ1) is 22.1. The fourth-order valence-electron chi connectivity index (χ4n) is 4.90. The first-order valence-electron chi connectivity index (χ1n) is 11.5. The Hall–Kier alpha value is -3.70. The normalized spacial score (nSPS) is 18.2. The molecule has 4 nitrogen and oxygen atoms in total. The van der Waals surface area contributed by atoms with Crippen molar-refractivity contribution in [2.75, 3.05) is 6.54 Å².